The molecule has 0 aliphatic heterocycles. The molecule has 1 rings (SSSR count). The fourth-order valence-corrected chi connectivity index (χ4v) is 0.248. The molecule has 0 aromatic carbocycles. The Morgan fingerprint density at radius 2 is 1.50 bits per heavy atom. The standard InChI is InChI=1S/C4H4N.Ru/c1-2-4-5-3-1;/h1-4H;/q-1;+1. The van der Waals surface area contributed by atoms with Crippen LogP contribution in [-0.2, 0) is 19.5 Å². The molecule has 0 bridgehead atoms. The van der Waals surface area contributed by atoms with Crippen LogP contribution >= 0.6 is 0 Å². The molecule has 33 valence electrons. The van der Waals surface area contributed by atoms with Gasteiger partial charge < -0.3 is 4.98 Å². The van der Waals surface area contributed by atoms with Gasteiger partial charge >= 0.3 is 19.5 Å². The number of hydrogen-bond donors (Lipinski definition) is 0. The van der Waals surface area contributed by atoms with Crippen LogP contribution in [-0.4, -0.2) is 0 Å². The van der Waals surface area contributed by atoms with Crippen LogP contribution in [0.4, 0.5) is 0 Å². The van der Waals surface area contributed by atoms with E-state index in [0.717, 1.165) is 0 Å². The van der Waals surface area contributed by atoms with E-state index in [9.17, 15) is 0 Å². The van der Waals surface area contributed by atoms with Crippen LogP contribution in [0.25, 0.3) is 0 Å². The van der Waals surface area contributed by atoms with E-state index in [0.29, 0.717) is 0 Å². The quantitative estimate of drug-likeness (QED) is 0.517. The topological polar surface area (TPSA) is 14.1 Å². The molecular weight excluding hydrogens is 163 g/mol. The van der Waals surface area contributed by atoms with E-state index in [2.05, 4.69) is 4.98 Å². The molecule has 0 atom stereocenters. The first-order valence-corrected chi connectivity index (χ1v) is 1.52. The number of aromatic nitrogens is 1. The van der Waals surface area contributed by atoms with Gasteiger partial charge in [0.05, 0.1) is 0 Å². The average Bonchev–Trinajstić information content (AvgIpc) is 1.76. The second kappa shape index (κ2) is 3.11. The average molecular weight is 167 g/mol. The van der Waals surface area contributed by atoms with E-state index >= 15 is 0 Å². The first-order valence-electron chi connectivity index (χ1n) is 1.52. The molecule has 1 aromatic rings. The molecule has 1 aromatic heterocycles. The zero-order chi connectivity index (χ0) is 3.54. The van der Waals surface area contributed by atoms with Crippen LogP contribution in [0.3, 0.4) is 0 Å². The van der Waals surface area contributed by atoms with E-state index in [4.69, 9.17) is 0 Å². The van der Waals surface area contributed by atoms with Crippen molar-refractivity contribution in [2.45, 2.75) is 0 Å². The molecule has 2 heteroatoms. The molecule has 0 amide bonds. The van der Waals surface area contributed by atoms with Gasteiger partial charge in [0.2, 0.25) is 0 Å². The van der Waals surface area contributed by atoms with Crippen molar-refractivity contribution in [2.24, 2.45) is 0 Å². The smallest absolute Gasteiger partial charge is 0.670 e. The van der Waals surface area contributed by atoms with E-state index in [1.807, 2.05) is 12.1 Å². The zero-order valence-corrected chi connectivity index (χ0v) is 4.85. The summed E-state index contributed by atoms with van der Waals surface area (Å²) in [6, 6.07) is 3.78. The normalized spacial score (nSPS) is 6.67. The fourth-order valence-electron chi connectivity index (χ4n) is 0.248. The van der Waals surface area contributed by atoms with Crippen LogP contribution in [0, 0.1) is 0 Å². The Morgan fingerprint density at radius 3 is 1.67 bits per heavy atom. The summed E-state index contributed by atoms with van der Waals surface area (Å²) >= 11 is 0. The minimum Gasteiger partial charge on any atom is -0.670 e. The summed E-state index contributed by atoms with van der Waals surface area (Å²) in [4.78, 5) is 3.72. The summed E-state index contributed by atoms with van der Waals surface area (Å²) < 4.78 is 0. The Balaban J connectivity index is 0.000000250. The van der Waals surface area contributed by atoms with Crippen molar-refractivity contribution >= 4 is 0 Å². The second-order valence-corrected chi connectivity index (χ2v) is 0.832. The third-order valence-corrected chi connectivity index (χ3v) is 0.455. The van der Waals surface area contributed by atoms with Gasteiger partial charge in [0.15, 0.2) is 0 Å². The summed E-state index contributed by atoms with van der Waals surface area (Å²) in [5.74, 6) is 0. The minimum absolute atomic E-state index is 0. The molecule has 0 N–H and O–H groups in total. The van der Waals surface area contributed by atoms with Crippen molar-refractivity contribution in [3.8, 4) is 0 Å². The SMILES string of the molecule is [Ru+].c1cc[n-]c1. The van der Waals surface area contributed by atoms with Crippen LogP contribution in [0.5, 0.6) is 0 Å². The Bertz CT molecular complexity index is 64.0. The Labute approximate surface area is 49.5 Å². The van der Waals surface area contributed by atoms with Crippen LogP contribution in [0.15, 0.2) is 24.5 Å². The third-order valence-electron chi connectivity index (χ3n) is 0.455. The monoisotopic (exact) mass is 168 g/mol. The van der Waals surface area contributed by atoms with E-state index < -0.39 is 0 Å². The fraction of sp³-hybridized carbons (Fsp3) is 0. The maximum Gasteiger partial charge on any atom is 1.00 e. The zero-order valence-electron chi connectivity index (χ0n) is 3.11. The summed E-state index contributed by atoms with van der Waals surface area (Å²) in [6.45, 7) is 0. The summed E-state index contributed by atoms with van der Waals surface area (Å²) in [7, 11) is 0. The van der Waals surface area contributed by atoms with E-state index in [1.165, 1.54) is 0 Å². The predicted octanol–water partition coefficient (Wildman–Crippen LogP) is 0.641. The van der Waals surface area contributed by atoms with Crippen LogP contribution in [0.1, 0.15) is 0 Å². The van der Waals surface area contributed by atoms with Crippen molar-refractivity contribution in [3.63, 3.8) is 0 Å². The van der Waals surface area contributed by atoms with Gasteiger partial charge in [0.25, 0.3) is 0 Å². The predicted molar refractivity (Wildman–Crippen MR) is 19.8 cm³/mol. The molecule has 1 heterocycles. The molecule has 6 heavy (non-hydrogen) atoms. The van der Waals surface area contributed by atoms with Crippen LogP contribution < -0.4 is 4.98 Å². The first kappa shape index (κ1) is 5.90. The molecule has 0 fully saturated rings. The van der Waals surface area contributed by atoms with Crippen molar-refractivity contribution in [3.05, 3.63) is 24.5 Å². The molecule has 0 aliphatic rings. The Morgan fingerprint density at radius 1 is 1.00 bits per heavy atom. The van der Waals surface area contributed by atoms with Gasteiger partial charge in [-0.25, -0.2) is 0 Å². The largest absolute Gasteiger partial charge is 1.00 e. The van der Waals surface area contributed by atoms with Gasteiger partial charge in [-0.2, -0.15) is 12.4 Å². The van der Waals surface area contributed by atoms with Gasteiger partial charge in [0.1, 0.15) is 0 Å². The Kier molecular flexibility index (Phi) is 3.06. The summed E-state index contributed by atoms with van der Waals surface area (Å²) in [6.07, 6.45) is 3.50. The molecule has 1 nitrogen and oxygen atoms in total. The summed E-state index contributed by atoms with van der Waals surface area (Å²) in [5, 5.41) is 0. The van der Waals surface area contributed by atoms with Gasteiger partial charge in [-0.3, -0.25) is 0 Å². The first-order chi connectivity index (χ1) is 2.50. The van der Waals surface area contributed by atoms with E-state index in [1.54, 1.807) is 12.4 Å². The van der Waals surface area contributed by atoms with Gasteiger partial charge in [-0.15, -0.1) is 0 Å². The van der Waals surface area contributed by atoms with Crippen molar-refractivity contribution < 1.29 is 19.5 Å². The Hall–Kier alpha value is -0.0966. The molecule has 0 saturated carbocycles. The van der Waals surface area contributed by atoms with Gasteiger partial charge in [-0.05, 0) is 0 Å². The van der Waals surface area contributed by atoms with Crippen LogP contribution in [0.2, 0.25) is 0 Å². The van der Waals surface area contributed by atoms with E-state index in [-0.39, 0.29) is 19.5 Å². The number of hydrogen-bond acceptors (Lipinski definition) is 0. The van der Waals surface area contributed by atoms with Gasteiger partial charge in [-0.1, -0.05) is 12.1 Å². The van der Waals surface area contributed by atoms with Crippen molar-refractivity contribution in [2.75, 3.05) is 0 Å². The molecular formula is C4H4NRu. The van der Waals surface area contributed by atoms with Gasteiger partial charge in [0, 0.05) is 0 Å². The molecule has 0 saturated heterocycles. The van der Waals surface area contributed by atoms with Crippen molar-refractivity contribution in [1.29, 1.82) is 0 Å². The number of nitrogens with zero attached hydrogens (tertiary/aromatic N) is 1. The summed E-state index contributed by atoms with van der Waals surface area (Å²) in [5.41, 5.74) is 0. The minimum atomic E-state index is 0. The molecule has 1 radical (unpaired) electrons. The maximum absolute atomic E-state index is 3.72. The molecule has 0 unspecified atom stereocenters. The third kappa shape index (κ3) is 1.37. The molecule has 0 spiro atoms. The van der Waals surface area contributed by atoms with Crippen molar-refractivity contribution in [1.82, 2.24) is 4.98 Å². The second-order valence-electron chi connectivity index (χ2n) is 0.832. The molecule has 0 aliphatic carbocycles. The number of rotatable bonds is 0. The maximum atomic E-state index is 3.72.